The van der Waals surface area contributed by atoms with Gasteiger partial charge in [0.25, 0.3) is 0 Å². The molecule has 100 valence electrons. The monoisotopic (exact) mass is 335 g/mol. The van der Waals surface area contributed by atoms with Gasteiger partial charge in [-0.25, -0.2) is 4.98 Å². The van der Waals surface area contributed by atoms with Gasteiger partial charge in [-0.05, 0) is 40.4 Å². The molecule has 0 aliphatic heterocycles. The molecule has 7 heteroatoms. The van der Waals surface area contributed by atoms with Crippen molar-refractivity contribution in [3.63, 3.8) is 0 Å². The lowest BCUT2D eigenvalue weighted by Gasteiger charge is -2.08. The maximum absolute atomic E-state index is 10.6. The minimum Gasteiger partial charge on any atom is -0.481 e. The zero-order valence-corrected chi connectivity index (χ0v) is 12.3. The summed E-state index contributed by atoms with van der Waals surface area (Å²) in [7, 11) is 0. The fraction of sp³-hybridized carbons (Fsp3) is 0.545. The minimum atomic E-state index is -0.742. The molecule has 0 spiro atoms. The van der Waals surface area contributed by atoms with Gasteiger partial charge in [-0.3, -0.25) is 4.79 Å². The number of nitrogens with one attached hydrogen (secondary N) is 1. The maximum atomic E-state index is 10.6. The van der Waals surface area contributed by atoms with Crippen LogP contribution in [0.1, 0.15) is 26.2 Å². The second-order valence-corrected chi connectivity index (χ2v) is 5.19. The number of carboxylic acids is 1. The van der Waals surface area contributed by atoms with Crippen molar-refractivity contribution in [2.75, 3.05) is 11.9 Å². The van der Waals surface area contributed by atoms with Crippen LogP contribution >= 0.6 is 27.5 Å². The van der Waals surface area contributed by atoms with Gasteiger partial charge in [-0.15, -0.1) is 0 Å². The van der Waals surface area contributed by atoms with Crippen LogP contribution in [0.4, 0.5) is 5.82 Å². The van der Waals surface area contributed by atoms with Gasteiger partial charge in [0.15, 0.2) is 0 Å². The van der Waals surface area contributed by atoms with Crippen molar-refractivity contribution in [1.82, 2.24) is 9.97 Å². The highest BCUT2D eigenvalue weighted by atomic mass is 79.9. The Hall–Kier alpha value is -0.880. The van der Waals surface area contributed by atoms with E-state index in [1.807, 2.05) is 0 Å². The molecule has 0 bridgehead atoms. The molecular formula is C11H15BrClN3O2. The van der Waals surface area contributed by atoms with Gasteiger partial charge in [-0.2, -0.15) is 4.98 Å². The number of carboxylic acid groups (broad SMARTS) is 1. The van der Waals surface area contributed by atoms with Gasteiger partial charge < -0.3 is 10.4 Å². The molecule has 1 rings (SSSR count). The Morgan fingerprint density at radius 2 is 2.33 bits per heavy atom. The first-order chi connectivity index (χ1) is 8.50. The van der Waals surface area contributed by atoms with Crippen LogP contribution in [0.5, 0.6) is 0 Å². The molecule has 1 heterocycles. The Morgan fingerprint density at radius 1 is 1.61 bits per heavy atom. The Labute approximate surface area is 119 Å². The topological polar surface area (TPSA) is 75.1 Å². The molecule has 0 amide bonds. The number of aromatic nitrogens is 2. The van der Waals surface area contributed by atoms with Crippen molar-refractivity contribution in [1.29, 1.82) is 0 Å². The number of halogens is 2. The van der Waals surface area contributed by atoms with Crippen LogP contribution in [-0.2, 0) is 4.79 Å². The van der Waals surface area contributed by atoms with E-state index in [0.717, 1.165) is 23.9 Å². The van der Waals surface area contributed by atoms with E-state index < -0.39 is 5.97 Å². The lowest BCUT2D eigenvalue weighted by atomic mass is 10.0. The predicted octanol–water partition coefficient (Wildman–Crippen LogP) is 3.20. The molecule has 0 aromatic carbocycles. The predicted molar refractivity (Wildman–Crippen MR) is 73.9 cm³/mol. The number of hydrogen-bond acceptors (Lipinski definition) is 4. The molecule has 0 saturated carbocycles. The molecular weight excluding hydrogens is 321 g/mol. The fourth-order valence-corrected chi connectivity index (χ4v) is 1.84. The number of rotatable bonds is 7. The average molecular weight is 337 g/mol. The van der Waals surface area contributed by atoms with E-state index in [1.54, 1.807) is 13.1 Å². The smallest absolute Gasteiger partial charge is 0.306 e. The van der Waals surface area contributed by atoms with Crippen LogP contribution in [0.2, 0.25) is 5.28 Å². The van der Waals surface area contributed by atoms with Crippen LogP contribution in [0, 0.1) is 5.92 Å². The van der Waals surface area contributed by atoms with Gasteiger partial charge in [0.2, 0.25) is 5.28 Å². The summed E-state index contributed by atoms with van der Waals surface area (Å²) in [4.78, 5) is 18.5. The molecule has 5 nitrogen and oxygen atoms in total. The van der Waals surface area contributed by atoms with Crippen molar-refractivity contribution in [3.05, 3.63) is 16.0 Å². The molecule has 0 unspecified atom stereocenters. The van der Waals surface area contributed by atoms with Crippen molar-refractivity contribution in [2.45, 2.75) is 26.2 Å². The van der Waals surface area contributed by atoms with E-state index in [-0.39, 0.29) is 11.2 Å². The van der Waals surface area contributed by atoms with Crippen molar-refractivity contribution >= 4 is 39.3 Å². The van der Waals surface area contributed by atoms with Crippen LogP contribution in [0.15, 0.2) is 10.7 Å². The lowest BCUT2D eigenvalue weighted by Crippen LogP contribution is -2.10. The Kier molecular flexibility index (Phi) is 6.35. The summed E-state index contributed by atoms with van der Waals surface area (Å²) in [5.41, 5.74) is 0. The molecule has 1 atom stereocenters. The van der Waals surface area contributed by atoms with Crippen LogP contribution in [0.25, 0.3) is 0 Å². The number of anilines is 1. The zero-order valence-electron chi connectivity index (χ0n) is 9.99. The number of nitrogens with zero attached hydrogens (tertiary/aromatic N) is 2. The third kappa shape index (κ3) is 5.18. The summed E-state index contributed by atoms with van der Waals surface area (Å²) in [5, 5.41) is 12.1. The van der Waals surface area contributed by atoms with Crippen molar-refractivity contribution in [2.24, 2.45) is 5.92 Å². The molecule has 2 N–H and O–H groups in total. The first kappa shape index (κ1) is 15.2. The number of aliphatic carboxylic acids is 1. The van der Waals surface area contributed by atoms with E-state index in [0.29, 0.717) is 12.2 Å². The summed E-state index contributed by atoms with van der Waals surface area (Å²) >= 11 is 9.00. The molecule has 18 heavy (non-hydrogen) atoms. The number of unbranched alkanes of at least 4 members (excludes halogenated alkanes) is 1. The van der Waals surface area contributed by atoms with Gasteiger partial charge in [-0.1, -0.05) is 13.3 Å². The first-order valence-corrected chi connectivity index (χ1v) is 6.82. The van der Waals surface area contributed by atoms with Crippen LogP contribution < -0.4 is 5.32 Å². The normalized spacial score (nSPS) is 12.2. The molecule has 0 fully saturated rings. The summed E-state index contributed by atoms with van der Waals surface area (Å²) in [5.74, 6) is -0.375. The SMILES string of the molecule is C[C@@H](CCCCNc1nc(Cl)ncc1Br)C(=O)O. The average Bonchev–Trinajstić information content (AvgIpc) is 2.32. The highest BCUT2D eigenvalue weighted by Gasteiger charge is 2.09. The van der Waals surface area contributed by atoms with Crippen LogP contribution in [-0.4, -0.2) is 27.6 Å². The van der Waals surface area contributed by atoms with Gasteiger partial charge in [0, 0.05) is 12.7 Å². The minimum absolute atomic E-state index is 0.195. The van der Waals surface area contributed by atoms with E-state index in [1.165, 1.54) is 0 Å². The third-order valence-electron chi connectivity index (χ3n) is 2.49. The number of carbonyl (C=O) groups is 1. The zero-order chi connectivity index (χ0) is 13.5. The summed E-state index contributed by atoms with van der Waals surface area (Å²) in [6.07, 6.45) is 4.01. The standard InChI is InChI=1S/C11H15BrClN3O2/c1-7(10(17)18)4-2-3-5-14-9-8(12)6-15-11(13)16-9/h6-7H,2-5H2,1H3,(H,17,18)(H,14,15,16)/t7-/m0/s1. The largest absolute Gasteiger partial charge is 0.481 e. The lowest BCUT2D eigenvalue weighted by molar-refractivity contribution is -0.141. The highest BCUT2D eigenvalue weighted by molar-refractivity contribution is 9.10. The summed E-state index contributed by atoms with van der Waals surface area (Å²) in [6.45, 7) is 2.44. The van der Waals surface area contributed by atoms with Gasteiger partial charge in [0.1, 0.15) is 5.82 Å². The van der Waals surface area contributed by atoms with Crippen molar-refractivity contribution in [3.8, 4) is 0 Å². The summed E-state index contributed by atoms with van der Waals surface area (Å²) in [6, 6.07) is 0. The molecule has 1 aromatic rings. The Morgan fingerprint density at radius 3 is 3.00 bits per heavy atom. The Balaban J connectivity index is 2.26. The first-order valence-electron chi connectivity index (χ1n) is 5.65. The molecule has 1 aromatic heterocycles. The van der Waals surface area contributed by atoms with E-state index in [9.17, 15) is 4.79 Å². The van der Waals surface area contributed by atoms with Crippen molar-refractivity contribution < 1.29 is 9.90 Å². The highest BCUT2D eigenvalue weighted by Crippen LogP contribution is 2.20. The van der Waals surface area contributed by atoms with Crippen LogP contribution in [0.3, 0.4) is 0 Å². The third-order valence-corrected chi connectivity index (χ3v) is 3.26. The molecule has 0 radical (unpaired) electrons. The van der Waals surface area contributed by atoms with E-state index >= 15 is 0 Å². The number of hydrogen-bond donors (Lipinski definition) is 2. The second-order valence-electron chi connectivity index (χ2n) is 4.00. The Bertz CT molecular complexity index is 417. The maximum Gasteiger partial charge on any atom is 0.306 e. The van der Waals surface area contributed by atoms with Gasteiger partial charge in [0.05, 0.1) is 10.4 Å². The quantitative estimate of drug-likeness (QED) is 0.591. The summed E-state index contributed by atoms with van der Waals surface area (Å²) < 4.78 is 0.755. The van der Waals surface area contributed by atoms with E-state index in [4.69, 9.17) is 16.7 Å². The molecule has 0 saturated heterocycles. The van der Waals surface area contributed by atoms with E-state index in [2.05, 4.69) is 31.2 Å². The molecule has 0 aliphatic rings. The second kappa shape index (κ2) is 7.53. The fourth-order valence-electron chi connectivity index (χ4n) is 1.38. The molecule has 0 aliphatic carbocycles. The van der Waals surface area contributed by atoms with Gasteiger partial charge >= 0.3 is 5.97 Å².